The summed E-state index contributed by atoms with van der Waals surface area (Å²) in [6.07, 6.45) is 11.5. The van der Waals surface area contributed by atoms with Crippen molar-refractivity contribution in [2.24, 2.45) is 17.3 Å². The Morgan fingerprint density at radius 3 is 2.62 bits per heavy atom. The van der Waals surface area contributed by atoms with Gasteiger partial charge in [0.05, 0.1) is 6.10 Å². The number of rotatable bonds is 7. The molecule has 2 fully saturated rings. The predicted molar refractivity (Wildman–Crippen MR) is 90.6 cm³/mol. The molecule has 0 aromatic rings. The molecule has 3 unspecified atom stereocenters. The quantitative estimate of drug-likeness (QED) is 0.730. The van der Waals surface area contributed by atoms with Crippen molar-refractivity contribution in [1.29, 1.82) is 0 Å². The maximum Gasteiger partial charge on any atom is 0.0576 e. The summed E-state index contributed by atoms with van der Waals surface area (Å²) in [6, 6.07) is 0.618. The normalized spacial score (nSPS) is 32.7. The number of nitrogens with one attached hydrogen (secondary N) is 1. The third-order valence-electron chi connectivity index (χ3n) is 5.59. The molecule has 1 heterocycles. The van der Waals surface area contributed by atoms with Crippen LogP contribution in [0.15, 0.2) is 0 Å². The van der Waals surface area contributed by atoms with Crippen molar-refractivity contribution in [3.63, 3.8) is 0 Å². The van der Waals surface area contributed by atoms with E-state index >= 15 is 0 Å². The molecule has 1 aliphatic carbocycles. The molecule has 2 rings (SSSR count). The van der Waals surface area contributed by atoms with Gasteiger partial charge in [-0.2, -0.15) is 0 Å². The minimum atomic E-state index is 0.558. The molecule has 1 saturated heterocycles. The molecule has 1 N–H and O–H groups in total. The van der Waals surface area contributed by atoms with Crippen LogP contribution in [0.1, 0.15) is 79.1 Å². The molecule has 0 bridgehead atoms. The van der Waals surface area contributed by atoms with Crippen LogP contribution in [-0.4, -0.2) is 25.3 Å². The fourth-order valence-electron chi connectivity index (χ4n) is 4.26. The highest BCUT2D eigenvalue weighted by molar-refractivity contribution is 4.86. The lowest BCUT2D eigenvalue weighted by Crippen LogP contribution is -2.38. The van der Waals surface area contributed by atoms with Crippen molar-refractivity contribution in [3.05, 3.63) is 0 Å². The molecule has 0 radical (unpaired) electrons. The van der Waals surface area contributed by atoms with E-state index in [9.17, 15) is 0 Å². The first-order valence-electron chi connectivity index (χ1n) is 9.31. The van der Waals surface area contributed by atoms with Crippen molar-refractivity contribution in [1.82, 2.24) is 5.32 Å². The second-order valence-corrected chi connectivity index (χ2v) is 8.56. The molecule has 2 nitrogen and oxygen atoms in total. The predicted octanol–water partition coefficient (Wildman–Crippen LogP) is 4.78. The Balaban J connectivity index is 1.78. The zero-order chi connectivity index (χ0) is 15.3. The van der Waals surface area contributed by atoms with E-state index in [2.05, 4.69) is 33.0 Å². The summed E-state index contributed by atoms with van der Waals surface area (Å²) < 4.78 is 5.78. The molecular formula is C19H37NO. The number of hydrogen-bond donors (Lipinski definition) is 1. The molecule has 21 heavy (non-hydrogen) atoms. The first kappa shape index (κ1) is 17.3. The molecule has 1 aliphatic heterocycles. The van der Waals surface area contributed by atoms with Crippen LogP contribution in [0.3, 0.4) is 0 Å². The molecule has 2 aliphatic rings. The molecular weight excluding hydrogens is 258 g/mol. The van der Waals surface area contributed by atoms with Gasteiger partial charge in [-0.05, 0) is 62.3 Å². The van der Waals surface area contributed by atoms with E-state index in [1.54, 1.807) is 0 Å². The summed E-state index contributed by atoms with van der Waals surface area (Å²) in [4.78, 5) is 0. The summed E-state index contributed by atoms with van der Waals surface area (Å²) in [6.45, 7) is 11.7. The standard InChI is InChI=1S/C19H37NO/c1-15(2)20-14-17-10-11-19(3,4)13-16(17)7-5-8-18-9-6-12-21-18/h15-18,20H,5-14H2,1-4H3. The third kappa shape index (κ3) is 5.90. The lowest BCUT2D eigenvalue weighted by Gasteiger charge is -2.41. The number of ether oxygens (including phenoxy) is 1. The van der Waals surface area contributed by atoms with Crippen LogP contribution in [-0.2, 0) is 4.74 Å². The molecule has 3 atom stereocenters. The van der Waals surface area contributed by atoms with E-state index in [0.717, 1.165) is 18.4 Å². The maximum absolute atomic E-state index is 5.78. The lowest BCUT2D eigenvalue weighted by molar-refractivity contribution is 0.0852. The lowest BCUT2D eigenvalue weighted by atomic mass is 9.65. The molecule has 0 aromatic heterocycles. The van der Waals surface area contributed by atoms with E-state index in [-0.39, 0.29) is 0 Å². The van der Waals surface area contributed by atoms with Gasteiger partial charge in [0, 0.05) is 12.6 Å². The topological polar surface area (TPSA) is 21.3 Å². The van der Waals surface area contributed by atoms with Crippen LogP contribution in [0, 0.1) is 17.3 Å². The van der Waals surface area contributed by atoms with Gasteiger partial charge in [0.1, 0.15) is 0 Å². The van der Waals surface area contributed by atoms with Crippen molar-refractivity contribution in [2.45, 2.75) is 91.2 Å². The van der Waals surface area contributed by atoms with E-state index in [1.165, 1.54) is 57.9 Å². The summed E-state index contributed by atoms with van der Waals surface area (Å²) in [7, 11) is 0. The van der Waals surface area contributed by atoms with Gasteiger partial charge in [-0.1, -0.05) is 40.5 Å². The van der Waals surface area contributed by atoms with Crippen molar-refractivity contribution >= 4 is 0 Å². The van der Waals surface area contributed by atoms with Crippen molar-refractivity contribution < 1.29 is 4.74 Å². The molecule has 0 aromatic carbocycles. The SMILES string of the molecule is CC(C)NCC1CCC(C)(C)CC1CCCC1CCCO1. The largest absolute Gasteiger partial charge is 0.378 e. The average molecular weight is 296 g/mol. The van der Waals surface area contributed by atoms with Crippen LogP contribution >= 0.6 is 0 Å². The van der Waals surface area contributed by atoms with Gasteiger partial charge in [-0.3, -0.25) is 0 Å². The van der Waals surface area contributed by atoms with E-state index in [1.807, 2.05) is 0 Å². The molecule has 1 saturated carbocycles. The van der Waals surface area contributed by atoms with E-state index in [4.69, 9.17) is 4.74 Å². The molecule has 0 amide bonds. The first-order valence-corrected chi connectivity index (χ1v) is 9.31. The fraction of sp³-hybridized carbons (Fsp3) is 1.00. The zero-order valence-corrected chi connectivity index (χ0v) is 14.8. The average Bonchev–Trinajstić information content (AvgIpc) is 2.90. The molecule has 0 spiro atoms. The highest BCUT2D eigenvalue weighted by atomic mass is 16.5. The molecule has 2 heteroatoms. The van der Waals surface area contributed by atoms with Gasteiger partial charge >= 0.3 is 0 Å². The van der Waals surface area contributed by atoms with Gasteiger partial charge in [0.25, 0.3) is 0 Å². The van der Waals surface area contributed by atoms with Crippen LogP contribution in [0.2, 0.25) is 0 Å². The van der Waals surface area contributed by atoms with Gasteiger partial charge in [0.15, 0.2) is 0 Å². The van der Waals surface area contributed by atoms with Crippen LogP contribution in [0.25, 0.3) is 0 Å². The first-order chi connectivity index (χ1) is 9.96. The van der Waals surface area contributed by atoms with E-state index in [0.29, 0.717) is 17.6 Å². The van der Waals surface area contributed by atoms with Crippen LogP contribution in [0.4, 0.5) is 0 Å². The van der Waals surface area contributed by atoms with Gasteiger partial charge < -0.3 is 10.1 Å². The van der Waals surface area contributed by atoms with Gasteiger partial charge in [0.2, 0.25) is 0 Å². The monoisotopic (exact) mass is 295 g/mol. The smallest absolute Gasteiger partial charge is 0.0576 e. The third-order valence-corrected chi connectivity index (χ3v) is 5.59. The van der Waals surface area contributed by atoms with Gasteiger partial charge in [-0.15, -0.1) is 0 Å². The van der Waals surface area contributed by atoms with Crippen molar-refractivity contribution in [3.8, 4) is 0 Å². The minimum absolute atomic E-state index is 0.558. The van der Waals surface area contributed by atoms with Crippen LogP contribution < -0.4 is 5.32 Å². The van der Waals surface area contributed by atoms with Gasteiger partial charge in [-0.25, -0.2) is 0 Å². The van der Waals surface area contributed by atoms with E-state index < -0.39 is 0 Å². The Hall–Kier alpha value is -0.0800. The number of hydrogen-bond acceptors (Lipinski definition) is 2. The Morgan fingerprint density at radius 2 is 1.95 bits per heavy atom. The summed E-state index contributed by atoms with van der Waals surface area (Å²) in [5.74, 6) is 1.81. The Morgan fingerprint density at radius 1 is 1.14 bits per heavy atom. The summed E-state index contributed by atoms with van der Waals surface area (Å²) in [5.41, 5.74) is 0.558. The highest BCUT2D eigenvalue weighted by Crippen LogP contribution is 2.43. The second-order valence-electron chi connectivity index (χ2n) is 8.56. The summed E-state index contributed by atoms with van der Waals surface area (Å²) >= 11 is 0. The van der Waals surface area contributed by atoms with Crippen molar-refractivity contribution in [2.75, 3.05) is 13.2 Å². The Kier molecular flexibility index (Phi) is 6.55. The zero-order valence-electron chi connectivity index (χ0n) is 14.8. The summed E-state index contributed by atoms with van der Waals surface area (Å²) in [5, 5.41) is 3.68. The Bertz CT molecular complexity index is 292. The minimum Gasteiger partial charge on any atom is -0.378 e. The fourth-order valence-corrected chi connectivity index (χ4v) is 4.26. The molecule has 124 valence electrons. The second kappa shape index (κ2) is 7.97. The highest BCUT2D eigenvalue weighted by Gasteiger charge is 2.34. The Labute approximate surface area is 132 Å². The maximum atomic E-state index is 5.78. The van der Waals surface area contributed by atoms with Crippen LogP contribution in [0.5, 0.6) is 0 Å².